The molecule has 3 aliphatic rings. The van der Waals surface area contributed by atoms with Gasteiger partial charge in [-0.3, -0.25) is 0 Å². The van der Waals surface area contributed by atoms with Crippen molar-refractivity contribution in [2.24, 2.45) is 5.92 Å². The van der Waals surface area contributed by atoms with E-state index in [-0.39, 0.29) is 0 Å². The van der Waals surface area contributed by atoms with Gasteiger partial charge in [-0.1, -0.05) is 25.3 Å². The van der Waals surface area contributed by atoms with Crippen molar-refractivity contribution in [3.8, 4) is 5.75 Å². The number of nitrogens with zero attached hydrogens (tertiary/aromatic N) is 1. The normalized spacial score (nSPS) is 35.5. The average Bonchev–Trinajstić information content (AvgIpc) is 2.74. The van der Waals surface area contributed by atoms with Crippen LogP contribution in [-0.4, -0.2) is 31.6 Å². The van der Waals surface area contributed by atoms with Crippen LogP contribution in [0.2, 0.25) is 0 Å². The van der Waals surface area contributed by atoms with Gasteiger partial charge in [-0.05, 0) is 68.5 Å². The van der Waals surface area contributed by atoms with Gasteiger partial charge in [0, 0.05) is 11.5 Å². The summed E-state index contributed by atoms with van der Waals surface area (Å²) in [6.45, 7) is 1.26. The molecule has 114 valence electrons. The first-order valence-corrected chi connectivity index (χ1v) is 8.62. The fourth-order valence-corrected chi connectivity index (χ4v) is 5.48. The summed E-state index contributed by atoms with van der Waals surface area (Å²) in [6, 6.07) is 7.62. The lowest BCUT2D eigenvalue weighted by atomic mass is 9.55. The third-order valence-corrected chi connectivity index (χ3v) is 6.57. The zero-order valence-electron chi connectivity index (χ0n) is 13.4. The number of rotatable bonds is 1. The third-order valence-electron chi connectivity index (χ3n) is 6.57. The Kier molecular flexibility index (Phi) is 3.25. The van der Waals surface area contributed by atoms with Crippen molar-refractivity contribution in [3.63, 3.8) is 0 Å². The van der Waals surface area contributed by atoms with Gasteiger partial charge in [0.05, 0.1) is 7.11 Å². The van der Waals surface area contributed by atoms with Gasteiger partial charge in [0.1, 0.15) is 5.75 Å². The lowest BCUT2D eigenvalue weighted by molar-refractivity contribution is 0.0257. The second kappa shape index (κ2) is 5.01. The predicted octanol–water partition coefficient (Wildman–Crippen LogP) is 3.77. The van der Waals surface area contributed by atoms with E-state index in [9.17, 15) is 0 Å². The minimum Gasteiger partial charge on any atom is -0.497 e. The van der Waals surface area contributed by atoms with E-state index in [1.807, 2.05) is 0 Å². The van der Waals surface area contributed by atoms with E-state index in [4.69, 9.17) is 4.74 Å². The Balaban J connectivity index is 1.88. The van der Waals surface area contributed by atoms with Crippen LogP contribution in [0.15, 0.2) is 18.2 Å². The molecule has 1 saturated carbocycles. The monoisotopic (exact) mass is 285 g/mol. The van der Waals surface area contributed by atoms with Crippen LogP contribution in [0.4, 0.5) is 0 Å². The van der Waals surface area contributed by atoms with Gasteiger partial charge < -0.3 is 9.64 Å². The van der Waals surface area contributed by atoms with Crippen LogP contribution in [-0.2, 0) is 11.8 Å². The molecule has 2 heteroatoms. The van der Waals surface area contributed by atoms with Crippen molar-refractivity contribution in [2.75, 3.05) is 20.7 Å². The molecule has 0 spiro atoms. The number of likely N-dealkylation sites (N-methyl/N-ethyl adjacent to an activating group) is 1. The van der Waals surface area contributed by atoms with Gasteiger partial charge >= 0.3 is 0 Å². The molecule has 1 saturated heterocycles. The number of piperidine rings is 1. The molecule has 0 amide bonds. The molecule has 2 aliphatic carbocycles. The molecule has 3 atom stereocenters. The molecule has 2 bridgehead atoms. The molecule has 2 nitrogen and oxygen atoms in total. The summed E-state index contributed by atoms with van der Waals surface area (Å²) in [4.78, 5) is 2.64. The minimum atomic E-state index is 0.440. The van der Waals surface area contributed by atoms with Crippen LogP contribution in [0.1, 0.15) is 49.7 Å². The molecular formula is C19H27NO. The first-order valence-electron chi connectivity index (χ1n) is 8.62. The van der Waals surface area contributed by atoms with E-state index in [0.29, 0.717) is 5.41 Å². The molecule has 1 aromatic rings. The number of hydrogen-bond donors (Lipinski definition) is 0. The van der Waals surface area contributed by atoms with Crippen molar-refractivity contribution in [1.82, 2.24) is 4.90 Å². The summed E-state index contributed by atoms with van der Waals surface area (Å²) < 4.78 is 5.54. The van der Waals surface area contributed by atoms with Gasteiger partial charge in [-0.25, -0.2) is 0 Å². The average molecular weight is 285 g/mol. The number of ether oxygens (including phenoxy) is 1. The Morgan fingerprint density at radius 2 is 2.10 bits per heavy atom. The molecule has 1 aromatic carbocycles. The van der Waals surface area contributed by atoms with Gasteiger partial charge in [-0.15, -0.1) is 0 Å². The topological polar surface area (TPSA) is 12.5 Å². The van der Waals surface area contributed by atoms with E-state index in [1.165, 1.54) is 51.5 Å². The van der Waals surface area contributed by atoms with Gasteiger partial charge in [0.15, 0.2) is 0 Å². The molecule has 0 aromatic heterocycles. The van der Waals surface area contributed by atoms with Crippen LogP contribution in [0.5, 0.6) is 5.75 Å². The first kappa shape index (κ1) is 13.6. The Bertz CT molecular complexity index is 540. The number of likely N-dealkylation sites (tertiary alicyclic amines) is 1. The van der Waals surface area contributed by atoms with Gasteiger partial charge in [0.25, 0.3) is 0 Å². The maximum absolute atomic E-state index is 5.54. The zero-order chi connectivity index (χ0) is 14.4. The van der Waals surface area contributed by atoms with E-state index < -0.39 is 0 Å². The fraction of sp³-hybridized carbons (Fsp3) is 0.684. The van der Waals surface area contributed by atoms with Crippen molar-refractivity contribution in [3.05, 3.63) is 29.3 Å². The second-order valence-electron chi connectivity index (χ2n) is 7.39. The number of hydrogen-bond acceptors (Lipinski definition) is 2. The van der Waals surface area contributed by atoms with Gasteiger partial charge in [-0.2, -0.15) is 0 Å². The maximum Gasteiger partial charge on any atom is 0.119 e. The van der Waals surface area contributed by atoms with Crippen molar-refractivity contribution < 1.29 is 4.74 Å². The molecule has 1 heterocycles. The van der Waals surface area contributed by atoms with Crippen molar-refractivity contribution in [1.29, 1.82) is 0 Å². The Morgan fingerprint density at radius 3 is 2.95 bits per heavy atom. The second-order valence-corrected chi connectivity index (χ2v) is 7.39. The number of benzene rings is 1. The van der Waals surface area contributed by atoms with Crippen LogP contribution < -0.4 is 4.74 Å². The van der Waals surface area contributed by atoms with E-state index in [0.717, 1.165) is 17.7 Å². The minimum absolute atomic E-state index is 0.440. The number of fused-ring (bicyclic) bond motifs is 1. The van der Waals surface area contributed by atoms with Gasteiger partial charge in [0.2, 0.25) is 0 Å². The van der Waals surface area contributed by atoms with Crippen LogP contribution >= 0.6 is 0 Å². The lowest BCUT2D eigenvalue weighted by Gasteiger charge is -2.56. The van der Waals surface area contributed by atoms with Crippen LogP contribution in [0.3, 0.4) is 0 Å². The van der Waals surface area contributed by atoms with E-state index in [2.05, 4.69) is 30.1 Å². The quantitative estimate of drug-likeness (QED) is 0.778. The Morgan fingerprint density at radius 1 is 1.19 bits per heavy atom. The fourth-order valence-electron chi connectivity index (χ4n) is 5.48. The predicted molar refractivity (Wildman–Crippen MR) is 86.0 cm³/mol. The van der Waals surface area contributed by atoms with E-state index in [1.54, 1.807) is 18.2 Å². The number of methoxy groups -OCH3 is 1. The first-order chi connectivity index (χ1) is 10.2. The van der Waals surface area contributed by atoms with Crippen molar-refractivity contribution in [2.45, 2.75) is 56.4 Å². The highest BCUT2D eigenvalue weighted by molar-refractivity contribution is 5.45. The van der Waals surface area contributed by atoms with E-state index >= 15 is 0 Å². The highest BCUT2D eigenvalue weighted by Gasteiger charge is 2.52. The highest BCUT2D eigenvalue weighted by atomic mass is 16.5. The summed E-state index contributed by atoms with van der Waals surface area (Å²) in [5.74, 6) is 1.90. The molecule has 1 aliphatic heterocycles. The summed E-state index contributed by atoms with van der Waals surface area (Å²) in [7, 11) is 4.14. The standard InChI is InChI=1S/C19H27NO/c1-20-11-10-19-9-5-3-4-6-16(19)18(20)12-14-7-8-15(21-2)13-17(14)19/h7-8,13,16,18H,3-6,9-12H2,1-2H3/t16-,18+,19+/m1/s1. The van der Waals surface area contributed by atoms with Crippen LogP contribution in [0.25, 0.3) is 0 Å². The summed E-state index contributed by atoms with van der Waals surface area (Å²) in [5, 5.41) is 0. The summed E-state index contributed by atoms with van der Waals surface area (Å²) in [5.41, 5.74) is 3.67. The maximum atomic E-state index is 5.54. The largest absolute Gasteiger partial charge is 0.497 e. The Labute approximate surface area is 128 Å². The third kappa shape index (κ3) is 1.95. The zero-order valence-corrected chi connectivity index (χ0v) is 13.4. The molecule has 0 unspecified atom stereocenters. The van der Waals surface area contributed by atoms with Crippen LogP contribution in [0, 0.1) is 5.92 Å². The molecule has 0 radical (unpaired) electrons. The molecule has 0 N–H and O–H groups in total. The van der Waals surface area contributed by atoms with Crippen molar-refractivity contribution >= 4 is 0 Å². The molecule has 21 heavy (non-hydrogen) atoms. The molecule has 4 rings (SSSR count). The lowest BCUT2D eigenvalue weighted by Crippen LogP contribution is -2.58. The summed E-state index contributed by atoms with van der Waals surface area (Å²) in [6.07, 6.45) is 9.65. The summed E-state index contributed by atoms with van der Waals surface area (Å²) >= 11 is 0. The Hall–Kier alpha value is -1.02. The highest BCUT2D eigenvalue weighted by Crippen LogP contribution is 2.55. The molecular weight excluding hydrogens is 258 g/mol. The smallest absolute Gasteiger partial charge is 0.119 e. The molecule has 2 fully saturated rings. The SMILES string of the molecule is COc1ccc2c(c1)[C@]13CCCCC[C@@H]1[C@H](C2)N(C)CC3.